The lowest BCUT2D eigenvalue weighted by Crippen LogP contribution is -2.19. The third-order valence-electron chi connectivity index (χ3n) is 5.94. The molecule has 0 bridgehead atoms. The first kappa shape index (κ1) is 27.1. The third-order valence-corrected chi connectivity index (χ3v) is 5.94. The minimum Gasteiger partial charge on any atom is -0.427 e. The molecule has 34 heavy (non-hydrogen) atoms. The molecule has 1 amide bonds. The second-order valence-corrected chi connectivity index (χ2v) is 9.66. The van der Waals surface area contributed by atoms with Crippen LogP contribution in [0.5, 0.6) is 5.75 Å². The molecule has 0 spiro atoms. The molecule has 0 fully saturated rings. The summed E-state index contributed by atoms with van der Waals surface area (Å²) < 4.78 is 5.22. The van der Waals surface area contributed by atoms with Gasteiger partial charge in [0, 0.05) is 18.2 Å². The van der Waals surface area contributed by atoms with Crippen molar-refractivity contribution in [2.45, 2.75) is 73.6 Å². The number of hydrogen-bond acceptors (Lipinski definition) is 3. The van der Waals surface area contributed by atoms with E-state index < -0.39 is 0 Å². The first-order valence-electron chi connectivity index (χ1n) is 12.1. The number of amides is 1. The SMILES string of the molecule is CCCC(=O)Oc1ccc(NC(=O)/C=C(C)/C=C/C=C(C)/C=C/C2=C(C)CCCC2(C)C)cc1. The Balaban J connectivity index is 1.91. The van der Waals surface area contributed by atoms with E-state index in [-0.39, 0.29) is 17.3 Å². The number of carbonyl (C=O) groups is 2. The molecule has 0 radical (unpaired) electrons. The Labute approximate surface area is 205 Å². The molecule has 0 heterocycles. The molecular weight excluding hydrogens is 422 g/mol. The van der Waals surface area contributed by atoms with E-state index >= 15 is 0 Å². The van der Waals surface area contributed by atoms with Gasteiger partial charge in [-0.3, -0.25) is 9.59 Å². The number of nitrogens with one attached hydrogen (secondary N) is 1. The number of ether oxygens (including phenoxy) is 1. The molecule has 0 saturated heterocycles. The highest BCUT2D eigenvalue weighted by Gasteiger charge is 2.26. The highest BCUT2D eigenvalue weighted by molar-refractivity contribution is 6.00. The third kappa shape index (κ3) is 9.01. The number of rotatable bonds is 9. The molecule has 1 N–H and O–H groups in total. The Morgan fingerprint density at radius 3 is 2.44 bits per heavy atom. The minimum atomic E-state index is -0.255. The molecule has 1 aliphatic carbocycles. The number of anilines is 1. The Bertz CT molecular complexity index is 1020. The summed E-state index contributed by atoms with van der Waals surface area (Å²) in [6.45, 7) is 12.8. The van der Waals surface area contributed by atoms with E-state index in [0.29, 0.717) is 17.9 Å². The first-order chi connectivity index (χ1) is 16.1. The van der Waals surface area contributed by atoms with Crippen LogP contribution in [0.3, 0.4) is 0 Å². The van der Waals surface area contributed by atoms with E-state index in [1.807, 2.05) is 26.0 Å². The van der Waals surface area contributed by atoms with Crippen molar-refractivity contribution in [3.05, 3.63) is 83.0 Å². The highest BCUT2D eigenvalue weighted by Crippen LogP contribution is 2.40. The Hall–Kier alpha value is -3.14. The monoisotopic (exact) mass is 461 g/mol. The Morgan fingerprint density at radius 1 is 1.09 bits per heavy atom. The van der Waals surface area contributed by atoms with Crippen molar-refractivity contribution in [3.8, 4) is 5.75 Å². The van der Waals surface area contributed by atoms with Crippen molar-refractivity contribution in [1.29, 1.82) is 0 Å². The maximum Gasteiger partial charge on any atom is 0.311 e. The van der Waals surface area contributed by atoms with Crippen LogP contribution in [-0.2, 0) is 9.59 Å². The van der Waals surface area contributed by atoms with Crippen LogP contribution < -0.4 is 10.1 Å². The van der Waals surface area contributed by atoms with E-state index in [2.05, 4.69) is 51.2 Å². The fraction of sp³-hybridized carbons (Fsp3) is 0.400. The van der Waals surface area contributed by atoms with E-state index in [1.54, 1.807) is 30.3 Å². The van der Waals surface area contributed by atoms with Crippen LogP contribution in [0, 0.1) is 5.41 Å². The average molecular weight is 462 g/mol. The summed E-state index contributed by atoms with van der Waals surface area (Å²) in [5, 5.41) is 2.82. The number of carbonyl (C=O) groups excluding carboxylic acids is 2. The highest BCUT2D eigenvalue weighted by atomic mass is 16.5. The van der Waals surface area contributed by atoms with Gasteiger partial charge < -0.3 is 10.1 Å². The summed E-state index contributed by atoms with van der Waals surface area (Å²) in [6, 6.07) is 6.78. The molecule has 1 aliphatic rings. The summed E-state index contributed by atoms with van der Waals surface area (Å²) in [5.41, 5.74) is 5.84. The number of hydrogen-bond donors (Lipinski definition) is 1. The molecule has 0 saturated carbocycles. The number of esters is 1. The quantitative estimate of drug-likeness (QED) is 0.176. The molecule has 0 aromatic heterocycles. The topological polar surface area (TPSA) is 55.4 Å². The summed E-state index contributed by atoms with van der Waals surface area (Å²) in [4.78, 5) is 23.9. The van der Waals surface area contributed by atoms with Gasteiger partial charge in [0.25, 0.3) is 0 Å². The largest absolute Gasteiger partial charge is 0.427 e. The Kier molecular flexibility index (Phi) is 10.3. The van der Waals surface area contributed by atoms with Crippen LogP contribution >= 0.6 is 0 Å². The number of benzene rings is 1. The molecule has 0 aliphatic heterocycles. The minimum absolute atomic E-state index is 0.208. The lowest BCUT2D eigenvalue weighted by atomic mass is 9.72. The van der Waals surface area contributed by atoms with Gasteiger partial charge in [-0.2, -0.15) is 0 Å². The average Bonchev–Trinajstić information content (AvgIpc) is 2.74. The molecule has 1 aromatic rings. The standard InChI is InChI=1S/C30H39NO3/c1-7-10-29(33)34-26-17-15-25(16-18-26)31-28(32)21-23(3)12-8-11-22(2)14-19-27-24(4)13-9-20-30(27,5)6/h8,11-12,14-19,21H,7,9-10,13,20H2,1-6H3,(H,31,32)/b12-8+,19-14+,22-11+,23-21+. The van der Waals surface area contributed by atoms with Gasteiger partial charge in [-0.1, -0.05) is 62.3 Å². The van der Waals surface area contributed by atoms with Crippen LogP contribution in [0.25, 0.3) is 0 Å². The fourth-order valence-electron chi connectivity index (χ4n) is 4.06. The second-order valence-electron chi connectivity index (χ2n) is 9.66. The van der Waals surface area contributed by atoms with Crippen molar-refractivity contribution in [2.75, 3.05) is 5.32 Å². The van der Waals surface area contributed by atoms with Gasteiger partial charge >= 0.3 is 5.97 Å². The fourth-order valence-corrected chi connectivity index (χ4v) is 4.06. The zero-order valence-corrected chi connectivity index (χ0v) is 21.5. The van der Waals surface area contributed by atoms with Crippen molar-refractivity contribution < 1.29 is 14.3 Å². The van der Waals surface area contributed by atoms with Gasteiger partial charge in [-0.05, 0) is 87.3 Å². The molecule has 182 valence electrons. The van der Waals surface area contributed by atoms with E-state index in [9.17, 15) is 9.59 Å². The van der Waals surface area contributed by atoms with Crippen LogP contribution in [0.1, 0.15) is 73.6 Å². The summed E-state index contributed by atoms with van der Waals surface area (Å²) in [7, 11) is 0. The van der Waals surface area contributed by atoms with E-state index in [4.69, 9.17) is 4.74 Å². The normalized spacial score (nSPS) is 16.9. The van der Waals surface area contributed by atoms with Gasteiger partial charge in [-0.15, -0.1) is 0 Å². The molecule has 0 unspecified atom stereocenters. The zero-order valence-electron chi connectivity index (χ0n) is 21.5. The summed E-state index contributed by atoms with van der Waals surface area (Å²) >= 11 is 0. The maximum absolute atomic E-state index is 12.3. The van der Waals surface area contributed by atoms with E-state index in [1.165, 1.54) is 30.4 Å². The predicted molar refractivity (Wildman–Crippen MR) is 142 cm³/mol. The van der Waals surface area contributed by atoms with Gasteiger partial charge in [0.1, 0.15) is 5.75 Å². The Morgan fingerprint density at radius 2 is 1.79 bits per heavy atom. The smallest absolute Gasteiger partial charge is 0.311 e. The lowest BCUT2D eigenvalue weighted by molar-refractivity contribution is -0.134. The van der Waals surface area contributed by atoms with Crippen LogP contribution in [0.15, 0.2) is 83.0 Å². The zero-order chi connectivity index (χ0) is 25.1. The van der Waals surface area contributed by atoms with Crippen molar-refractivity contribution in [3.63, 3.8) is 0 Å². The molecule has 0 atom stereocenters. The second kappa shape index (κ2) is 12.9. The first-order valence-corrected chi connectivity index (χ1v) is 12.1. The number of allylic oxidation sites excluding steroid dienone is 9. The van der Waals surface area contributed by atoms with Gasteiger partial charge in [0.2, 0.25) is 5.91 Å². The predicted octanol–water partition coefficient (Wildman–Crippen LogP) is 7.86. The lowest BCUT2D eigenvalue weighted by Gasteiger charge is -2.32. The summed E-state index contributed by atoms with van der Waals surface area (Å²) in [6.07, 6.45) is 16.8. The molecular formula is C30H39NO3. The molecule has 1 aromatic carbocycles. The van der Waals surface area contributed by atoms with Gasteiger partial charge in [0.15, 0.2) is 0 Å². The molecule has 4 nitrogen and oxygen atoms in total. The van der Waals surface area contributed by atoms with Crippen molar-refractivity contribution in [2.24, 2.45) is 5.41 Å². The van der Waals surface area contributed by atoms with Crippen molar-refractivity contribution in [1.82, 2.24) is 0 Å². The van der Waals surface area contributed by atoms with Crippen molar-refractivity contribution >= 4 is 17.6 Å². The van der Waals surface area contributed by atoms with Crippen LogP contribution in [0.2, 0.25) is 0 Å². The summed E-state index contributed by atoms with van der Waals surface area (Å²) in [5.74, 6) is 0.00987. The van der Waals surface area contributed by atoms with Crippen LogP contribution in [-0.4, -0.2) is 11.9 Å². The van der Waals surface area contributed by atoms with E-state index in [0.717, 1.165) is 17.6 Å². The van der Waals surface area contributed by atoms with Gasteiger partial charge in [0.05, 0.1) is 0 Å². The van der Waals surface area contributed by atoms with Crippen LogP contribution in [0.4, 0.5) is 5.69 Å². The maximum atomic E-state index is 12.3. The van der Waals surface area contributed by atoms with Gasteiger partial charge in [-0.25, -0.2) is 0 Å². The molecule has 2 rings (SSSR count). The molecule has 4 heteroatoms.